The van der Waals surface area contributed by atoms with Gasteiger partial charge < -0.3 is 10.6 Å². The van der Waals surface area contributed by atoms with Crippen LogP contribution in [0.5, 0.6) is 0 Å². The van der Waals surface area contributed by atoms with Gasteiger partial charge in [-0.2, -0.15) is 13.2 Å². The molecule has 42 heavy (non-hydrogen) atoms. The highest BCUT2D eigenvalue weighted by Crippen LogP contribution is 2.34. The highest BCUT2D eigenvalue weighted by atomic mass is 35.5. The second-order valence-electron chi connectivity index (χ2n) is 10.3. The van der Waals surface area contributed by atoms with E-state index in [0.717, 1.165) is 48.6 Å². The third-order valence-electron chi connectivity index (χ3n) is 7.13. The predicted octanol–water partition coefficient (Wildman–Crippen LogP) is 7.95. The van der Waals surface area contributed by atoms with E-state index in [4.69, 9.17) is 23.2 Å². The first-order valence-electron chi connectivity index (χ1n) is 13.7. The Balaban J connectivity index is 1.68. The van der Waals surface area contributed by atoms with Crippen LogP contribution in [0.2, 0.25) is 10.0 Å². The zero-order chi connectivity index (χ0) is 30.4. The van der Waals surface area contributed by atoms with E-state index in [1.165, 1.54) is 6.20 Å². The molecule has 0 heterocycles. The molecule has 0 saturated heterocycles. The zero-order valence-electron chi connectivity index (χ0n) is 23.2. The molecule has 1 aliphatic rings. The van der Waals surface area contributed by atoms with Crippen molar-refractivity contribution in [2.75, 3.05) is 11.9 Å². The molecule has 1 amide bonds. The Kier molecular flexibility index (Phi) is 10.3. The van der Waals surface area contributed by atoms with Crippen LogP contribution in [0, 0.1) is 5.92 Å². The lowest BCUT2D eigenvalue weighted by Gasteiger charge is -2.22. The topological polar surface area (TPSA) is 45.6 Å². The molecular formula is C33H33Cl2F3N3O+. The Labute approximate surface area is 254 Å². The summed E-state index contributed by atoms with van der Waals surface area (Å²) in [5.41, 5.74) is 2.27. The summed E-state index contributed by atoms with van der Waals surface area (Å²) in [6.45, 7) is 9.73. The van der Waals surface area contributed by atoms with Crippen LogP contribution in [0.3, 0.4) is 0 Å². The highest BCUT2D eigenvalue weighted by Gasteiger charge is 2.34. The van der Waals surface area contributed by atoms with Gasteiger partial charge in [0.2, 0.25) is 5.70 Å². The number of alkyl halides is 3. The number of rotatable bonds is 12. The molecule has 4 rings (SSSR count). The first kappa shape index (κ1) is 31.6. The minimum atomic E-state index is -4.71. The Morgan fingerprint density at radius 1 is 1.10 bits per heavy atom. The fraction of sp³-hybridized carbons (Fsp3) is 0.242. The number of anilines is 1. The van der Waals surface area contributed by atoms with Crippen molar-refractivity contribution in [1.29, 1.82) is 0 Å². The van der Waals surface area contributed by atoms with E-state index in [2.05, 4.69) is 23.8 Å². The lowest BCUT2D eigenvalue weighted by atomic mass is 9.97. The number of aryl methyl sites for hydroxylation is 1. The molecule has 2 atom stereocenters. The first-order valence-corrected chi connectivity index (χ1v) is 14.4. The Morgan fingerprint density at radius 2 is 1.83 bits per heavy atom. The summed E-state index contributed by atoms with van der Waals surface area (Å²) in [6, 6.07) is 19.5. The fourth-order valence-electron chi connectivity index (χ4n) is 4.61. The molecule has 0 bridgehead atoms. The molecular weight excluding hydrogens is 582 g/mol. The molecule has 1 fully saturated rings. The van der Waals surface area contributed by atoms with E-state index in [0.29, 0.717) is 27.3 Å². The largest absolute Gasteiger partial charge is 0.416 e. The monoisotopic (exact) mass is 614 g/mol. The van der Waals surface area contributed by atoms with E-state index < -0.39 is 17.7 Å². The molecule has 2 unspecified atom stereocenters. The number of hydrogen-bond acceptors (Lipinski definition) is 2. The lowest BCUT2D eigenvalue weighted by Crippen LogP contribution is -3.01. The van der Waals surface area contributed by atoms with Crippen molar-refractivity contribution in [3.63, 3.8) is 0 Å². The molecule has 220 valence electrons. The van der Waals surface area contributed by atoms with Crippen LogP contribution >= 0.6 is 23.2 Å². The maximum absolute atomic E-state index is 13.7. The maximum Gasteiger partial charge on any atom is 0.416 e. The Bertz CT molecular complexity index is 1500. The third kappa shape index (κ3) is 8.13. The Morgan fingerprint density at radius 3 is 2.48 bits per heavy atom. The van der Waals surface area contributed by atoms with Gasteiger partial charge in [0.25, 0.3) is 0 Å². The lowest BCUT2D eigenvalue weighted by molar-refractivity contribution is -0.724. The van der Waals surface area contributed by atoms with Crippen molar-refractivity contribution >= 4 is 40.5 Å². The van der Waals surface area contributed by atoms with Crippen molar-refractivity contribution < 1.29 is 22.9 Å². The molecule has 9 heteroatoms. The summed E-state index contributed by atoms with van der Waals surface area (Å²) in [4.78, 5) is 13.9. The number of nitrogens with one attached hydrogen (secondary N) is 3. The first-order chi connectivity index (χ1) is 20.0. The number of carbonyl (C=O) groups is 1. The average molecular weight is 616 g/mol. The molecule has 1 saturated carbocycles. The number of hydrogen-bond donors (Lipinski definition) is 3. The van der Waals surface area contributed by atoms with Crippen molar-refractivity contribution in [2.45, 2.75) is 38.4 Å². The van der Waals surface area contributed by atoms with Crippen LogP contribution < -0.4 is 15.5 Å². The standard InChI is InChI=1S/C33H32Cl2F3N3O/c1-4-22-8-6-11-27(17-22)41(5-2)30(16-21(3)33(36,37)38)32(42)40-26-10-7-9-24(18-26)31(39-20-23-12-13-23)28-15-14-25(34)19-29(28)35/h5-11,14-19,23,31,39H,2-4,12-13,20H2,1H3,(H,40,42)/p+1. The third-order valence-corrected chi connectivity index (χ3v) is 7.69. The van der Waals surface area contributed by atoms with Crippen LogP contribution in [0.4, 0.5) is 24.5 Å². The number of allylic oxidation sites excluding steroid dienone is 2. The van der Waals surface area contributed by atoms with Gasteiger partial charge in [-0.15, -0.1) is 0 Å². The van der Waals surface area contributed by atoms with Crippen LogP contribution in [0.25, 0.3) is 0 Å². The van der Waals surface area contributed by atoms with Gasteiger partial charge in [-0.3, -0.25) is 4.79 Å². The summed E-state index contributed by atoms with van der Waals surface area (Å²) >= 11 is 12.7. The molecule has 0 aliphatic heterocycles. The summed E-state index contributed by atoms with van der Waals surface area (Å²) in [5, 5.41) is 7.39. The fourth-order valence-corrected chi connectivity index (χ4v) is 5.13. The molecule has 3 aromatic carbocycles. The predicted molar refractivity (Wildman–Crippen MR) is 164 cm³/mol. The number of quaternary nitrogens is 1. The highest BCUT2D eigenvalue weighted by molar-refractivity contribution is 6.35. The van der Waals surface area contributed by atoms with Crippen molar-refractivity contribution in [3.8, 4) is 0 Å². The van der Waals surface area contributed by atoms with Crippen molar-refractivity contribution in [1.82, 2.24) is 5.32 Å². The van der Waals surface area contributed by atoms with Gasteiger partial charge in [-0.05, 0) is 85.3 Å². The second-order valence-corrected chi connectivity index (χ2v) is 11.1. The van der Waals surface area contributed by atoms with E-state index in [-0.39, 0.29) is 16.6 Å². The zero-order valence-corrected chi connectivity index (χ0v) is 24.7. The summed E-state index contributed by atoms with van der Waals surface area (Å²) < 4.78 is 40.6. The van der Waals surface area contributed by atoms with Gasteiger partial charge in [-0.25, -0.2) is 4.90 Å². The SMILES string of the molecule is C=C[NH+](C(=CC(=C)C(F)(F)F)C(=O)Nc1cccc(C(NCC2CC2)c2ccc(Cl)cc2Cl)c1)c1cccc(CC)c1. The smallest absolute Gasteiger partial charge is 0.317 e. The minimum absolute atomic E-state index is 0.199. The summed E-state index contributed by atoms with van der Waals surface area (Å²) in [6.07, 6.45) is 0.487. The Hall–Kier alpha value is -3.36. The molecule has 0 spiro atoms. The average Bonchev–Trinajstić information content (AvgIpc) is 3.78. The molecule has 3 aromatic rings. The van der Waals surface area contributed by atoms with Crippen LogP contribution in [-0.4, -0.2) is 18.6 Å². The normalized spacial score (nSPS) is 15.1. The number of amides is 1. The van der Waals surface area contributed by atoms with Crippen molar-refractivity contribution in [3.05, 3.63) is 130 Å². The van der Waals surface area contributed by atoms with E-state index in [1.54, 1.807) is 42.5 Å². The van der Waals surface area contributed by atoms with Crippen LogP contribution in [-0.2, 0) is 11.2 Å². The molecule has 3 N–H and O–H groups in total. The van der Waals surface area contributed by atoms with Gasteiger partial charge in [0.15, 0.2) is 0 Å². The van der Waals surface area contributed by atoms with Gasteiger partial charge in [0.05, 0.1) is 17.8 Å². The van der Waals surface area contributed by atoms with Gasteiger partial charge >= 0.3 is 12.1 Å². The number of benzene rings is 3. The van der Waals surface area contributed by atoms with Crippen LogP contribution in [0.15, 0.2) is 103 Å². The van der Waals surface area contributed by atoms with Crippen molar-refractivity contribution in [2.24, 2.45) is 5.92 Å². The van der Waals surface area contributed by atoms with E-state index >= 15 is 0 Å². The number of halogens is 5. The van der Waals surface area contributed by atoms with Crippen LogP contribution in [0.1, 0.15) is 42.5 Å². The summed E-state index contributed by atoms with van der Waals surface area (Å²) in [7, 11) is 0. The minimum Gasteiger partial charge on any atom is -0.317 e. The number of carbonyl (C=O) groups excluding carboxylic acids is 1. The second kappa shape index (κ2) is 13.7. The molecule has 0 radical (unpaired) electrons. The molecule has 1 aliphatic carbocycles. The summed E-state index contributed by atoms with van der Waals surface area (Å²) in [5.74, 6) is -0.128. The van der Waals surface area contributed by atoms with Gasteiger partial charge in [0.1, 0.15) is 5.69 Å². The molecule has 4 nitrogen and oxygen atoms in total. The van der Waals surface area contributed by atoms with Gasteiger partial charge in [-0.1, -0.05) is 67.0 Å². The van der Waals surface area contributed by atoms with Gasteiger partial charge in [0, 0.05) is 27.9 Å². The quantitative estimate of drug-likeness (QED) is 0.143. The van der Waals surface area contributed by atoms with E-state index in [1.807, 2.05) is 31.2 Å². The molecule has 0 aromatic heterocycles. The maximum atomic E-state index is 13.7. The van der Waals surface area contributed by atoms with E-state index in [9.17, 15) is 18.0 Å².